The van der Waals surface area contributed by atoms with Crippen molar-refractivity contribution < 1.29 is 9.47 Å². The van der Waals surface area contributed by atoms with E-state index in [9.17, 15) is 4.79 Å². The van der Waals surface area contributed by atoms with Crippen LogP contribution in [0, 0.1) is 0 Å². The first kappa shape index (κ1) is 18.2. The smallest absolute Gasteiger partial charge is 0.258 e. The van der Waals surface area contributed by atoms with Crippen LogP contribution >= 0.6 is 0 Å². The lowest BCUT2D eigenvalue weighted by Crippen LogP contribution is -2.17. The van der Waals surface area contributed by atoms with E-state index in [4.69, 9.17) is 20.9 Å². The average molecular weight is 355 g/mol. The predicted molar refractivity (Wildman–Crippen MR) is 105 cm³/mol. The van der Waals surface area contributed by atoms with Crippen molar-refractivity contribution in [2.45, 2.75) is 12.8 Å². The molecule has 0 bridgehead atoms. The summed E-state index contributed by atoms with van der Waals surface area (Å²) in [6.07, 6.45) is 1.57. The van der Waals surface area contributed by atoms with Gasteiger partial charge in [0.2, 0.25) is 0 Å². The number of hydrogen-bond acceptors (Lipinski definition) is 5. The Labute approximate surface area is 152 Å². The van der Waals surface area contributed by atoms with Gasteiger partial charge in [0.05, 0.1) is 24.1 Å². The van der Waals surface area contributed by atoms with Crippen LogP contribution < -0.4 is 26.5 Å². The Bertz CT molecular complexity index is 966. The van der Waals surface area contributed by atoms with Crippen molar-refractivity contribution in [3.8, 4) is 11.5 Å². The summed E-state index contributed by atoms with van der Waals surface area (Å²) < 4.78 is 13.0. The van der Waals surface area contributed by atoms with Crippen molar-refractivity contribution in [3.63, 3.8) is 0 Å². The Kier molecular flexibility index (Phi) is 5.75. The molecule has 0 saturated carbocycles. The highest BCUT2D eigenvalue weighted by atomic mass is 16.5. The number of nitrogens with zero attached hydrogens (tertiary/aromatic N) is 1. The van der Waals surface area contributed by atoms with E-state index in [1.54, 1.807) is 17.7 Å². The van der Waals surface area contributed by atoms with E-state index in [2.05, 4.69) is 0 Å². The molecule has 1 aromatic heterocycles. The number of rotatable bonds is 8. The fraction of sp³-hybridized carbons (Fsp3) is 0.350. The molecule has 0 aliphatic carbocycles. The molecule has 6 heteroatoms. The summed E-state index contributed by atoms with van der Waals surface area (Å²) in [5.74, 6) is 1.42. The molecule has 0 radical (unpaired) electrons. The summed E-state index contributed by atoms with van der Waals surface area (Å²) in [6.45, 7) is 2.27. The Morgan fingerprint density at radius 2 is 1.42 bits per heavy atom. The molecule has 0 aliphatic heterocycles. The number of pyridine rings is 1. The Hall–Kier alpha value is -2.57. The maximum Gasteiger partial charge on any atom is 0.258 e. The molecule has 0 spiro atoms. The first-order valence-corrected chi connectivity index (χ1v) is 8.88. The van der Waals surface area contributed by atoms with E-state index in [0.29, 0.717) is 37.4 Å². The summed E-state index contributed by atoms with van der Waals surface area (Å²) in [4.78, 5) is 12.8. The largest absolute Gasteiger partial charge is 0.494 e. The van der Waals surface area contributed by atoms with E-state index >= 15 is 0 Å². The normalized spacial score (nSPS) is 11.2. The lowest BCUT2D eigenvalue weighted by molar-refractivity contribution is 0.313. The van der Waals surface area contributed by atoms with Crippen LogP contribution in [0.4, 0.5) is 0 Å². The SMILES string of the molecule is Cn1c(=O)c2cc(OCCCN)ccc2c2ccc(OCCCN)cc21. The van der Waals surface area contributed by atoms with Gasteiger partial charge in [-0.2, -0.15) is 0 Å². The minimum absolute atomic E-state index is 0.0594. The fourth-order valence-corrected chi connectivity index (χ4v) is 2.97. The molecule has 0 fully saturated rings. The highest BCUT2D eigenvalue weighted by Crippen LogP contribution is 2.28. The zero-order valence-electron chi connectivity index (χ0n) is 15.0. The van der Waals surface area contributed by atoms with Gasteiger partial charge < -0.3 is 25.5 Å². The average Bonchev–Trinajstić information content (AvgIpc) is 2.66. The molecule has 26 heavy (non-hydrogen) atoms. The highest BCUT2D eigenvalue weighted by molar-refractivity contribution is 6.06. The first-order chi connectivity index (χ1) is 12.7. The molecule has 0 atom stereocenters. The van der Waals surface area contributed by atoms with Crippen LogP contribution in [0.5, 0.6) is 11.5 Å². The van der Waals surface area contributed by atoms with Crippen molar-refractivity contribution in [2.24, 2.45) is 18.5 Å². The van der Waals surface area contributed by atoms with E-state index < -0.39 is 0 Å². The molecule has 4 N–H and O–H groups in total. The predicted octanol–water partition coefficient (Wildman–Crippen LogP) is 2.15. The quantitative estimate of drug-likeness (QED) is 0.477. The number of aryl methyl sites for hydroxylation is 1. The third-order valence-corrected chi connectivity index (χ3v) is 4.38. The van der Waals surface area contributed by atoms with Crippen LogP contribution in [0.3, 0.4) is 0 Å². The lowest BCUT2D eigenvalue weighted by Gasteiger charge is -2.13. The van der Waals surface area contributed by atoms with Gasteiger partial charge >= 0.3 is 0 Å². The monoisotopic (exact) mass is 355 g/mol. The molecule has 1 heterocycles. The van der Waals surface area contributed by atoms with Gasteiger partial charge in [0.15, 0.2) is 0 Å². The highest BCUT2D eigenvalue weighted by Gasteiger charge is 2.11. The standard InChI is InChI=1S/C20H25N3O3/c1-23-19-13-15(26-11-3-9-22)5-7-17(19)16-6-4-14(25-10-2-8-21)12-18(16)20(23)24/h4-7,12-13H,2-3,8-11,21-22H2,1H3. The van der Waals surface area contributed by atoms with Crippen LogP contribution in [-0.4, -0.2) is 30.9 Å². The van der Waals surface area contributed by atoms with Crippen LogP contribution in [0.2, 0.25) is 0 Å². The maximum atomic E-state index is 12.8. The van der Waals surface area contributed by atoms with Gasteiger partial charge in [-0.1, -0.05) is 0 Å². The molecular formula is C20H25N3O3. The molecular weight excluding hydrogens is 330 g/mol. The Balaban J connectivity index is 2.04. The van der Waals surface area contributed by atoms with Crippen molar-refractivity contribution >= 4 is 21.7 Å². The van der Waals surface area contributed by atoms with Crippen LogP contribution in [-0.2, 0) is 7.05 Å². The van der Waals surface area contributed by atoms with Gasteiger partial charge in [-0.25, -0.2) is 0 Å². The Morgan fingerprint density at radius 3 is 2.04 bits per heavy atom. The lowest BCUT2D eigenvalue weighted by atomic mass is 10.1. The van der Waals surface area contributed by atoms with Gasteiger partial charge in [0, 0.05) is 18.5 Å². The topological polar surface area (TPSA) is 92.5 Å². The van der Waals surface area contributed by atoms with Crippen LogP contribution in [0.1, 0.15) is 12.8 Å². The zero-order chi connectivity index (χ0) is 18.5. The molecule has 0 amide bonds. The third kappa shape index (κ3) is 3.66. The third-order valence-electron chi connectivity index (χ3n) is 4.38. The molecule has 3 aromatic rings. The van der Waals surface area contributed by atoms with Gasteiger partial charge in [0.25, 0.3) is 5.56 Å². The summed E-state index contributed by atoms with van der Waals surface area (Å²) in [5.41, 5.74) is 11.8. The maximum absolute atomic E-state index is 12.8. The second-order valence-electron chi connectivity index (χ2n) is 6.23. The van der Waals surface area contributed by atoms with E-state index in [0.717, 1.165) is 34.9 Å². The van der Waals surface area contributed by atoms with Gasteiger partial charge in [0.1, 0.15) is 11.5 Å². The summed E-state index contributed by atoms with van der Waals surface area (Å²) in [7, 11) is 1.77. The van der Waals surface area contributed by atoms with Crippen molar-refractivity contribution in [2.75, 3.05) is 26.3 Å². The molecule has 2 aromatic carbocycles. The second kappa shape index (κ2) is 8.21. The summed E-state index contributed by atoms with van der Waals surface area (Å²) in [6, 6.07) is 11.4. The van der Waals surface area contributed by atoms with E-state index in [1.807, 2.05) is 30.3 Å². The number of hydrogen-bond donors (Lipinski definition) is 2. The molecule has 0 aliphatic rings. The minimum Gasteiger partial charge on any atom is -0.494 e. The molecule has 3 rings (SSSR count). The number of ether oxygens (including phenoxy) is 2. The Morgan fingerprint density at radius 1 is 0.846 bits per heavy atom. The molecule has 6 nitrogen and oxygen atoms in total. The van der Waals surface area contributed by atoms with Crippen molar-refractivity contribution in [1.82, 2.24) is 4.57 Å². The fourth-order valence-electron chi connectivity index (χ4n) is 2.97. The molecule has 0 unspecified atom stereocenters. The van der Waals surface area contributed by atoms with Gasteiger partial charge in [-0.3, -0.25) is 4.79 Å². The number of nitrogens with two attached hydrogens (primary N) is 2. The summed E-state index contributed by atoms with van der Waals surface area (Å²) in [5, 5.41) is 2.55. The van der Waals surface area contributed by atoms with Gasteiger partial charge in [-0.15, -0.1) is 0 Å². The molecule has 0 saturated heterocycles. The first-order valence-electron chi connectivity index (χ1n) is 8.88. The van der Waals surface area contributed by atoms with Crippen molar-refractivity contribution in [1.29, 1.82) is 0 Å². The minimum atomic E-state index is -0.0594. The van der Waals surface area contributed by atoms with E-state index in [-0.39, 0.29) is 5.56 Å². The molecule has 138 valence electrons. The summed E-state index contributed by atoms with van der Waals surface area (Å²) >= 11 is 0. The van der Waals surface area contributed by atoms with Crippen LogP contribution in [0.15, 0.2) is 41.2 Å². The number of benzene rings is 2. The number of fused-ring (bicyclic) bond motifs is 3. The zero-order valence-corrected chi connectivity index (χ0v) is 15.0. The van der Waals surface area contributed by atoms with Crippen molar-refractivity contribution in [3.05, 3.63) is 46.8 Å². The van der Waals surface area contributed by atoms with Gasteiger partial charge in [-0.05, 0) is 61.6 Å². The number of aromatic nitrogens is 1. The van der Waals surface area contributed by atoms with E-state index in [1.165, 1.54) is 0 Å². The van der Waals surface area contributed by atoms with Crippen LogP contribution in [0.25, 0.3) is 21.7 Å². The second-order valence-corrected chi connectivity index (χ2v) is 6.23.